The number of alkyl halides is 1. The standard InChI is InChI=1S/C10H13BrFN/c1-10(2,13)9(12)7-5-3-4-6-8(7)11/h3-6,9H,13H2,1-2H3. The summed E-state index contributed by atoms with van der Waals surface area (Å²) in [5.41, 5.74) is 5.45. The van der Waals surface area contributed by atoms with Crippen molar-refractivity contribution in [2.45, 2.75) is 25.6 Å². The van der Waals surface area contributed by atoms with Gasteiger partial charge >= 0.3 is 0 Å². The Labute approximate surface area is 86.3 Å². The highest BCUT2D eigenvalue weighted by Crippen LogP contribution is 2.32. The maximum Gasteiger partial charge on any atom is 0.144 e. The summed E-state index contributed by atoms with van der Waals surface area (Å²) in [4.78, 5) is 0. The van der Waals surface area contributed by atoms with Crippen LogP contribution in [0.15, 0.2) is 28.7 Å². The van der Waals surface area contributed by atoms with E-state index < -0.39 is 11.7 Å². The number of rotatable bonds is 2. The van der Waals surface area contributed by atoms with E-state index >= 15 is 0 Å². The molecular formula is C10H13BrFN. The molecule has 1 unspecified atom stereocenters. The van der Waals surface area contributed by atoms with Crippen molar-refractivity contribution in [3.8, 4) is 0 Å². The predicted molar refractivity (Wildman–Crippen MR) is 56.3 cm³/mol. The van der Waals surface area contributed by atoms with Gasteiger partial charge in [0, 0.05) is 15.6 Å². The number of benzene rings is 1. The molecule has 72 valence electrons. The van der Waals surface area contributed by atoms with Crippen LogP contribution in [0.5, 0.6) is 0 Å². The lowest BCUT2D eigenvalue weighted by Crippen LogP contribution is -2.37. The fourth-order valence-corrected chi connectivity index (χ4v) is 1.57. The Kier molecular flexibility index (Phi) is 3.09. The van der Waals surface area contributed by atoms with Crippen molar-refractivity contribution in [1.82, 2.24) is 0 Å². The van der Waals surface area contributed by atoms with Crippen LogP contribution in [0.25, 0.3) is 0 Å². The number of halogens is 2. The van der Waals surface area contributed by atoms with Crippen LogP contribution in [0, 0.1) is 0 Å². The van der Waals surface area contributed by atoms with E-state index in [2.05, 4.69) is 15.9 Å². The lowest BCUT2D eigenvalue weighted by Gasteiger charge is -2.24. The second kappa shape index (κ2) is 3.76. The van der Waals surface area contributed by atoms with Gasteiger partial charge in [0.2, 0.25) is 0 Å². The number of hydrogen-bond acceptors (Lipinski definition) is 1. The minimum atomic E-state index is -1.15. The highest BCUT2D eigenvalue weighted by atomic mass is 79.9. The Bertz CT molecular complexity index is 293. The van der Waals surface area contributed by atoms with Gasteiger partial charge in [-0.05, 0) is 19.9 Å². The van der Waals surface area contributed by atoms with Crippen LogP contribution in [0.2, 0.25) is 0 Å². The normalized spacial score (nSPS) is 14.2. The summed E-state index contributed by atoms with van der Waals surface area (Å²) in [6.07, 6.45) is -1.15. The maximum absolute atomic E-state index is 13.7. The third kappa shape index (κ3) is 2.51. The molecule has 3 heteroatoms. The van der Waals surface area contributed by atoms with Crippen molar-refractivity contribution in [1.29, 1.82) is 0 Å². The van der Waals surface area contributed by atoms with E-state index in [1.54, 1.807) is 26.0 Å². The van der Waals surface area contributed by atoms with Gasteiger partial charge in [-0.3, -0.25) is 0 Å². The lowest BCUT2D eigenvalue weighted by molar-refractivity contribution is 0.222. The largest absolute Gasteiger partial charge is 0.323 e. The van der Waals surface area contributed by atoms with E-state index in [9.17, 15) is 4.39 Å². The first-order chi connectivity index (χ1) is 5.93. The molecule has 13 heavy (non-hydrogen) atoms. The molecule has 1 aromatic carbocycles. The van der Waals surface area contributed by atoms with Gasteiger partial charge in [0.1, 0.15) is 6.17 Å². The van der Waals surface area contributed by atoms with Crippen LogP contribution in [0.3, 0.4) is 0 Å². The number of hydrogen-bond donors (Lipinski definition) is 1. The van der Waals surface area contributed by atoms with Gasteiger partial charge in [0.15, 0.2) is 0 Å². The molecule has 1 rings (SSSR count). The van der Waals surface area contributed by atoms with Crippen LogP contribution < -0.4 is 5.73 Å². The molecule has 1 aromatic rings. The summed E-state index contributed by atoms with van der Waals surface area (Å²) >= 11 is 3.29. The molecule has 0 saturated heterocycles. The smallest absolute Gasteiger partial charge is 0.144 e. The van der Waals surface area contributed by atoms with Gasteiger partial charge in [0.25, 0.3) is 0 Å². The molecule has 0 heterocycles. The Hall–Kier alpha value is -0.410. The highest BCUT2D eigenvalue weighted by molar-refractivity contribution is 9.10. The molecule has 2 N–H and O–H groups in total. The number of nitrogens with two attached hydrogens (primary N) is 1. The van der Waals surface area contributed by atoms with E-state index in [1.807, 2.05) is 12.1 Å². The van der Waals surface area contributed by atoms with Crippen LogP contribution in [-0.4, -0.2) is 5.54 Å². The molecule has 0 fully saturated rings. The summed E-state index contributed by atoms with van der Waals surface area (Å²) < 4.78 is 14.5. The Morgan fingerprint density at radius 3 is 2.38 bits per heavy atom. The molecule has 0 aromatic heterocycles. The van der Waals surface area contributed by atoms with Gasteiger partial charge < -0.3 is 5.73 Å². The maximum atomic E-state index is 13.7. The summed E-state index contributed by atoms with van der Waals surface area (Å²) in [6.45, 7) is 3.36. The molecule has 1 atom stereocenters. The monoisotopic (exact) mass is 245 g/mol. The first-order valence-corrected chi connectivity index (χ1v) is 4.89. The van der Waals surface area contributed by atoms with E-state index in [0.717, 1.165) is 4.47 Å². The topological polar surface area (TPSA) is 26.0 Å². The first kappa shape index (κ1) is 10.7. The molecular weight excluding hydrogens is 233 g/mol. The van der Waals surface area contributed by atoms with E-state index in [-0.39, 0.29) is 0 Å². The molecule has 0 aliphatic carbocycles. The van der Waals surface area contributed by atoms with Crippen molar-refractivity contribution >= 4 is 15.9 Å². The summed E-state index contributed by atoms with van der Waals surface area (Å²) in [6, 6.07) is 7.21. The average molecular weight is 246 g/mol. The van der Waals surface area contributed by atoms with Gasteiger partial charge in [-0.2, -0.15) is 0 Å². The second-order valence-electron chi connectivity index (χ2n) is 3.71. The van der Waals surface area contributed by atoms with Gasteiger partial charge in [-0.1, -0.05) is 34.1 Å². The Balaban J connectivity index is 3.02. The molecule has 0 amide bonds. The van der Waals surface area contributed by atoms with Crippen molar-refractivity contribution < 1.29 is 4.39 Å². The minimum Gasteiger partial charge on any atom is -0.323 e. The third-order valence-electron chi connectivity index (χ3n) is 1.83. The fourth-order valence-electron chi connectivity index (χ4n) is 1.08. The molecule has 0 radical (unpaired) electrons. The van der Waals surface area contributed by atoms with Gasteiger partial charge in [0.05, 0.1) is 0 Å². The molecule has 0 spiro atoms. The third-order valence-corrected chi connectivity index (χ3v) is 2.55. The van der Waals surface area contributed by atoms with Crippen molar-refractivity contribution in [2.24, 2.45) is 5.73 Å². The van der Waals surface area contributed by atoms with Gasteiger partial charge in [-0.15, -0.1) is 0 Å². The van der Waals surface area contributed by atoms with Crippen LogP contribution >= 0.6 is 15.9 Å². The zero-order valence-corrected chi connectivity index (χ0v) is 9.31. The average Bonchev–Trinajstić information content (AvgIpc) is 2.02. The van der Waals surface area contributed by atoms with Crippen molar-refractivity contribution in [3.63, 3.8) is 0 Å². The quantitative estimate of drug-likeness (QED) is 0.851. The Morgan fingerprint density at radius 1 is 1.38 bits per heavy atom. The van der Waals surface area contributed by atoms with E-state index in [4.69, 9.17) is 5.73 Å². The van der Waals surface area contributed by atoms with Crippen LogP contribution in [0.1, 0.15) is 25.6 Å². The molecule has 0 aliphatic rings. The second-order valence-corrected chi connectivity index (χ2v) is 4.56. The van der Waals surface area contributed by atoms with Gasteiger partial charge in [-0.25, -0.2) is 4.39 Å². The van der Waals surface area contributed by atoms with E-state index in [0.29, 0.717) is 5.56 Å². The van der Waals surface area contributed by atoms with Crippen LogP contribution in [0.4, 0.5) is 4.39 Å². The SMILES string of the molecule is CC(C)(N)C(F)c1ccccc1Br. The summed E-state index contributed by atoms with van der Waals surface area (Å²) in [5, 5.41) is 0. The minimum absolute atomic E-state index is 0.606. The Morgan fingerprint density at radius 2 is 1.92 bits per heavy atom. The zero-order chi connectivity index (χ0) is 10.1. The zero-order valence-electron chi connectivity index (χ0n) is 7.72. The van der Waals surface area contributed by atoms with Crippen molar-refractivity contribution in [2.75, 3.05) is 0 Å². The fraction of sp³-hybridized carbons (Fsp3) is 0.400. The lowest BCUT2D eigenvalue weighted by atomic mass is 9.94. The first-order valence-electron chi connectivity index (χ1n) is 4.10. The van der Waals surface area contributed by atoms with E-state index in [1.165, 1.54) is 0 Å². The molecule has 0 saturated carbocycles. The molecule has 0 bridgehead atoms. The van der Waals surface area contributed by atoms with Crippen LogP contribution in [-0.2, 0) is 0 Å². The molecule has 1 nitrogen and oxygen atoms in total. The summed E-state index contributed by atoms with van der Waals surface area (Å²) in [5.74, 6) is 0. The van der Waals surface area contributed by atoms with Crippen molar-refractivity contribution in [3.05, 3.63) is 34.3 Å². The summed E-state index contributed by atoms with van der Waals surface area (Å²) in [7, 11) is 0. The predicted octanol–water partition coefficient (Wildman–Crippen LogP) is 3.20. The highest BCUT2D eigenvalue weighted by Gasteiger charge is 2.27. The molecule has 0 aliphatic heterocycles.